The number of nitrogens with zero attached hydrogens (tertiary/aromatic N) is 2. The summed E-state index contributed by atoms with van der Waals surface area (Å²) < 4.78 is 16.0. The second kappa shape index (κ2) is 12.7. The lowest BCUT2D eigenvalue weighted by molar-refractivity contribution is -0.113. The van der Waals surface area contributed by atoms with Crippen molar-refractivity contribution < 1.29 is 19.0 Å². The summed E-state index contributed by atoms with van der Waals surface area (Å²) in [7, 11) is 3.22. The van der Waals surface area contributed by atoms with Crippen LogP contribution in [0.5, 0.6) is 17.2 Å². The van der Waals surface area contributed by atoms with Crippen molar-refractivity contribution in [1.82, 2.24) is 4.98 Å². The molecular weight excluding hydrogens is 498 g/mol. The van der Waals surface area contributed by atoms with Crippen molar-refractivity contribution in [3.8, 4) is 45.7 Å². The Labute approximate surface area is 226 Å². The number of thioether (sulfide) groups is 1. The quantitative estimate of drug-likeness (QED) is 0.238. The highest BCUT2D eigenvalue weighted by molar-refractivity contribution is 8.00. The van der Waals surface area contributed by atoms with Crippen molar-refractivity contribution in [2.24, 2.45) is 0 Å². The summed E-state index contributed by atoms with van der Waals surface area (Å²) in [5.41, 5.74) is 4.20. The first-order valence-electron chi connectivity index (χ1n) is 11.9. The van der Waals surface area contributed by atoms with E-state index in [-0.39, 0.29) is 11.7 Å². The predicted octanol–water partition coefficient (Wildman–Crippen LogP) is 6.43. The number of anilines is 1. The maximum atomic E-state index is 12.7. The third-order valence-electron chi connectivity index (χ3n) is 5.67. The van der Waals surface area contributed by atoms with Crippen molar-refractivity contribution in [1.29, 1.82) is 5.26 Å². The van der Waals surface area contributed by atoms with Crippen molar-refractivity contribution in [2.45, 2.75) is 11.9 Å². The van der Waals surface area contributed by atoms with E-state index in [0.717, 1.165) is 33.9 Å². The van der Waals surface area contributed by atoms with Gasteiger partial charge in [0.1, 0.15) is 28.3 Å². The Morgan fingerprint density at radius 1 is 0.895 bits per heavy atom. The van der Waals surface area contributed by atoms with E-state index in [2.05, 4.69) is 11.4 Å². The molecule has 0 aliphatic heterocycles. The number of aromatic nitrogens is 1. The van der Waals surface area contributed by atoms with Crippen molar-refractivity contribution in [2.75, 3.05) is 31.9 Å². The van der Waals surface area contributed by atoms with Gasteiger partial charge < -0.3 is 19.5 Å². The fraction of sp³-hybridized carbons (Fsp3) is 0.167. The van der Waals surface area contributed by atoms with Gasteiger partial charge in [0.2, 0.25) is 5.91 Å². The molecule has 0 radical (unpaired) electrons. The highest BCUT2D eigenvalue weighted by Gasteiger charge is 2.17. The Balaban J connectivity index is 1.64. The molecule has 0 bridgehead atoms. The SMILES string of the molecule is CCOc1ccc(NC(=O)CSc2nc(-c3ccc(OC)cc3)cc(-c3ccc(OC)cc3)c2C#N)cc1. The number of ether oxygens (including phenoxy) is 3. The van der Waals surface area contributed by atoms with E-state index < -0.39 is 0 Å². The van der Waals surface area contributed by atoms with Crippen LogP contribution in [-0.4, -0.2) is 37.5 Å². The summed E-state index contributed by atoms with van der Waals surface area (Å²) in [6.45, 7) is 2.49. The molecule has 0 unspecified atom stereocenters. The maximum absolute atomic E-state index is 12.7. The maximum Gasteiger partial charge on any atom is 0.234 e. The summed E-state index contributed by atoms with van der Waals surface area (Å²) in [5, 5.41) is 13.5. The minimum atomic E-state index is -0.203. The second-order valence-corrected chi connectivity index (χ2v) is 9.06. The monoisotopic (exact) mass is 525 g/mol. The summed E-state index contributed by atoms with van der Waals surface area (Å²) in [5.74, 6) is 2.08. The van der Waals surface area contributed by atoms with Crippen LogP contribution in [-0.2, 0) is 4.79 Å². The fourth-order valence-electron chi connectivity index (χ4n) is 3.77. The van der Waals surface area contributed by atoms with Crippen molar-refractivity contribution in [3.63, 3.8) is 0 Å². The molecule has 3 aromatic carbocycles. The highest BCUT2D eigenvalue weighted by atomic mass is 32.2. The number of methoxy groups -OCH3 is 2. The molecule has 0 fully saturated rings. The Morgan fingerprint density at radius 2 is 1.47 bits per heavy atom. The average molecular weight is 526 g/mol. The molecule has 1 N–H and O–H groups in total. The van der Waals surface area contributed by atoms with E-state index in [1.165, 1.54) is 11.8 Å². The molecule has 4 rings (SSSR count). The Hall–Kier alpha value is -4.48. The largest absolute Gasteiger partial charge is 0.497 e. The van der Waals surface area contributed by atoms with Crippen LogP contribution in [0.4, 0.5) is 5.69 Å². The van der Waals surface area contributed by atoms with Crippen LogP contribution in [0.1, 0.15) is 12.5 Å². The number of pyridine rings is 1. The van der Waals surface area contributed by atoms with Gasteiger partial charge in [-0.15, -0.1) is 0 Å². The smallest absolute Gasteiger partial charge is 0.234 e. The van der Waals surface area contributed by atoms with Crippen molar-refractivity contribution in [3.05, 3.63) is 84.4 Å². The Kier molecular flexibility index (Phi) is 8.85. The Morgan fingerprint density at radius 3 is 2.03 bits per heavy atom. The Bertz CT molecular complexity index is 1430. The number of amides is 1. The van der Waals surface area contributed by atoms with Gasteiger partial charge in [-0.2, -0.15) is 5.26 Å². The molecule has 0 aliphatic carbocycles. The molecule has 1 amide bonds. The normalized spacial score (nSPS) is 10.4. The molecule has 0 saturated carbocycles. The lowest BCUT2D eigenvalue weighted by Gasteiger charge is -2.13. The van der Waals surface area contributed by atoms with E-state index in [1.54, 1.807) is 38.5 Å². The van der Waals surface area contributed by atoms with Gasteiger partial charge in [0.25, 0.3) is 0 Å². The number of nitriles is 1. The summed E-state index contributed by atoms with van der Waals surface area (Å²) in [6, 6.07) is 26.4. The van der Waals surface area contributed by atoms with Crippen molar-refractivity contribution >= 4 is 23.4 Å². The van der Waals surface area contributed by atoms with Gasteiger partial charge in [-0.25, -0.2) is 4.98 Å². The van der Waals surface area contributed by atoms with Crippen LogP contribution < -0.4 is 19.5 Å². The van der Waals surface area contributed by atoms with Crippen LogP contribution in [0.2, 0.25) is 0 Å². The summed E-state index contributed by atoms with van der Waals surface area (Å²) in [6.07, 6.45) is 0. The second-order valence-electron chi connectivity index (χ2n) is 8.10. The lowest BCUT2D eigenvalue weighted by atomic mass is 9.99. The van der Waals surface area contributed by atoms with E-state index in [9.17, 15) is 10.1 Å². The van der Waals surface area contributed by atoms with E-state index in [4.69, 9.17) is 19.2 Å². The number of hydrogen-bond donors (Lipinski definition) is 1. The van der Waals surface area contributed by atoms with Crippen LogP contribution in [0, 0.1) is 11.3 Å². The molecule has 0 saturated heterocycles. The number of rotatable bonds is 10. The molecule has 0 atom stereocenters. The van der Waals surface area contributed by atoms with Crippen LogP contribution >= 0.6 is 11.8 Å². The van der Waals surface area contributed by atoms with E-state index in [0.29, 0.717) is 28.6 Å². The standard InChI is InChI=1S/C30H27N3O4S/c1-4-37-25-15-9-22(10-16-25)32-29(34)19-38-30-27(18-31)26(20-5-11-23(35-2)12-6-20)17-28(33-30)21-7-13-24(36-3)14-8-21/h5-17H,4,19H2,1-3H3,(H,32,34). The number of carbonyl (C=O) groups excluding carboxylic acids is 1. The van der Waals surface area contributed by atoms with E-state index >= 15 is 0 Å². The van der Waals surface area contributed by atoms with Gasteiger partial charge in [-0.3, -0.25) is 4.79 Å². The summed E-state index contributed by atoms with van der Waals surface area (Å²) >= 11 is 1.22. The third-order valence-corrected chi connectivity index (χ3v) is 6.65. The van der Waals surface area contributed by atoms with Gasteiger partial charge in [0, 0.05) is 16.8 Å². The van der Waals surface area contributed by atoms with Gasteiger partial charge in [0.05, 0.1) is 37.8 Å². The third kappa shape index (κ3) is 6.44. The molecule has 1 heterocycles. The first-order chi connectivity index (χ1) is 18.5. The number of benzene rings is 3. The molecule has 192 valence electrons. The molecule has 1 aromatic heterocycles. The predicted molar refractivity (Wildman–Crippen MR) is 150 cm³/mol. The molecular formula is C30H27N3O4S. The molecule has 0 aliphatic rings. The van der Waals surface area contributed by atoms with Gasteiger partial charge in [0.15, 0.2) is 0 Å². The molecule has 0 spiro atoms. The minimum Gasteiger partial charge on any atom is -0.497 e. The first kappa shape index (κ1) is 26.6. The average Bonchev–Trinajstić information content (AvgIpc) is 2.97. The lowest BCUT2D eigenvalue weighted by Crippen LogP contribution is -2.14. The van der Waals surface area contributed by atoms with E-state index in [1.807, 2.05) is 61.5 Å². The molecule has 4 aromatic rings. The fourth-order valence-corrected chi connectivity index (χ4v) is 4.58. The van der Waals surface area contributed by atoms with Gasteiger partial charge in [-0.1, -0.05) is 23.9 Å². The highest BCUT2D eigenvalue weighted by Crippen LogP contribution is 2.35. The van der Waals surface area contributed by atoms with Gasteiger partial charge in [-0.05, 0) is 79.2 Å². The minimum absolute atomic E-state index is 0.0863. The number of carbonyl (C=O) groups is 1. The molecule has 8 heteroatoms. The van der Waals surface area contributed by atoms with Crippen LogP contribution in [0.25, 0.3) is 22.4 Å². The zero-order valence-corrected chi connectivity index (χ0v) is 22.2. The number of nitrogens with one attached hydrogen (secondary N) is 1. The topological polar surface area (TPSA) is 93.5 Å². The van der Waals surface area contributed by atoms with Crippen LogP contribution in [0.15, 0.2) is 83.9 Å². The molecule has 38 heavy (non-hydrogen) atoms. The number of hydrogen-bond acceptors (Lipinski definition) is 7. The zero-order chi connectivity index (χ0) is 26.9. The van der Waals surface area contributed by atoms with Crippen LogP contribution in [0.3, 0.4) is 0 Å². The summed E-state index contributed by atoms with van der Waals surface area (Å²) in [4.78, 5) is 17.5. The molecule has 7 nitrogen and oxygen atoms in total. The first-order valence-corrected chi connectivity index (χ1v) is 12.9. The van der Waals surface area contributed by atoms with Gasteiger partial charge >= 0.3 is 0 Å². The zero-order valence-electron chi connectivity index (χ0n) is 21.4.